The summed E-state index contributed by atoms with van der Waals surface area (Å²) < 4.78 is 0. The van der Waals surface area contributed by atoms with Gasteiger partial charge in [-0.3, -0.25) is 4.79 Å². The average Bonchev–Trinajstić information content (AvgIpc) is 2.48. The maximum Gasteiger partial charge on any atom is 0.317 e. The Hall–Kier alpha value is -1.30. The van der Waals surface area contributed by atoms with Crippen molar-refractivity contribution in [2.24, 2.45) is 5.92 Å². The van der Waals surface area contributed by atoms with Crippen molar-refractivity contribution in [2.45, 2.75) is 45.1 Å². The lowest BCUT2D eigenvalue weighted by molar-refractivity contribution is -0.143. The van der Waals surface area contributed by atoms with Gasteiger partial charge in [0.25, 0.3) is 0 Å². The lowest BCUT2D eigenvalue weighted by Crippen LogP contribution is -2.51. The second-order valence-corrected chi connectivity index (χ2v) is 6.34. The van der Waals surface area contributed by atoms with Gasteiger partial charge in [-0.2, -0.15) is 0 Å². The molecule has 21 heavy (non-hydrogen) atoms. The van der Waals surface area contributed by atoms with E-state index in [-0.39, 0.29) is 12.1 Å². The van der Waals surface area contributed by atoms with Crippen LogP contribution in [0.2, 0.25) is 0 Å². The minimum absolute atomic E-state index is 0.0980. The van der Waals surface area contributed by atoms with Crippen LogP contribution in [-0.4, -0.2) is 65.7 Å². The maximum absolute atomic E-state index is 12.2. The first-order valence-corrected chi connectivity index (χ1v) is 8.07. The van der Waals surface area contributed by atoms with Crippen LogP contribution in [0, 0.1) is 5.92 Å². The first-order chi connectivity index (χ1) is 10.1. The highest BCUT2D eigenvalue weighted by Gasteiger charge is 2.28. The molecular formula is C15H27N3O3. The van der Waals surface area contributed by atoms with E-state index in [4.69, 9.17) is 5.11 Å². The van der Waals surface area contributed by atoms with Crippen LogP contribution in [0.5, 0.6) is 0 Å². The molecule has 1 unspecified atom stereocenters. The molecular weight excluding hydrogens is 270 g/mol. The van der Waals surface area contributed by atoms with Crippen molar-refractivity contribution in [3.63, 3.8) is 0 Å². The molecule has 120 valence electrons. The van der Waals surface area contributed by atoms with E-state index in [0.717, 1.165) is 26.1 Å². The fourth-order valence-corrected chi connectivity index (χ4v) is 3.24. The summed E-state index contributed by atoms with van der Waals surface area (Å²) in [6.45, 7) is 6.12. The quantitative estimate of drug-likeness (QED) is 0.822. The molecule has 2 aliphatic heterocycles. The fourth-order valence-electron chi connectivity index (χ4n) is 3.24. The van der Waals surface area contributed by atoms with Gasteiger partial charge in [0.1, 0.15) is 0 Å². The highest BCUT2D eigenvalue weighted by molar-refractivity contribution is 5.76. The number of nitrogens with zero attached hydrogens (tertiary/aromatic N) is 2. The maximum atomic E-state index is 12.2. The number of rotatable bonds is 4. The third kappa shape index (κ3) is 4.88. The predicted octanol–water partition coefficient (Wildman–Crippen LogP) is 1.37. The Morgan fingerprint density at radius 1 is 1.19 bits per heavy atom. The smallest absolute Gasteiger partial charge is 0.317 e. The highest BCUT2D eigenvalue weighted by Crippen LogP contribution is 2.16. The van der Waals surface area contributed by atoms with Crippen LogP contribution < -0.4 is 5.32 Å². The van der Waals surface area contributed by atoms with Crippen LogP contribution >= 0.6 is 0 Å². The van der Waals surface area contributed by atoms with Crippen LogP contribution in [0.3, 0.4) is 0 Å². The number of carboxylic acids is 1. The molecule has 0 saturated carbocycles. The van der Waals surface area contributed by atoms with E-state index >= 15 is 0 Å². The number of amides is 2. The summed E-state index contributed by atoms with van der Waals surface area (Å²) in [5, 5.41) is 12.1. The van der Waals surface area contributed by atoms with Gasteiger partial charge in [-0.15, -0.1) is 0 Å². The van der Waals surface area contributed by atoms with Crippen molar-refractivity contribution in [1.82, 2.24) is 15.1 Å². The third-order valence-corrected chi connectivity index (χ3v) is 4.41. The van der Waals surface area contributed by atoms with E-state index < -0.39 is 11.9 Å². The first kappa shape index (κ1) is 16.1. The number of carbonyl (C=O) groups is 2. The molecule has 0 radical (unpaired) electrons. The first-order valence-electron chi connectivity index (χ1n) is 8.07. The lowest BCUT2D eigenvalue weighted by Gasteiger charge is -2.33. The molecule has 0 bridgehead atoms. The van der Waals surface area contributed by atoms with Crippen LogP contribution in [0.1, 0.15) is 39.0 Å². The average molecular weight is 297 g/mol. The summed E-state index contributed by atoms with van der Waals surface area (Å²) in [6, 6.07) is -0.0220. The number of carboxylic acid groups (broad SMARTS) is 1. The second kappa shape index (κ2) is 7.64. The number of likely N-dealkylation sites (tertiary alicyclic amines) is 2. The Kier molecular flexibility index (Phi) is 5.85. The van der Waals surface area contributed by atoms with E-state index in [1.165, 1.54) is 19.3 Å². The van der Waals surface area contributed by atoms with Gasteiger partial charge in [-0.05, 0) is 45.7 Å². The molecule has 2 heterocycles. The molecule has 2 amide bonds. The molecule has 2 saturated heterocycles. The summed E-state index contributed by atoms with van der Waals surface area (Å²) in [5.41, 5.74) is 0. The van der Waals surface area contributed by atoms with Crippen molar-refractivity contribution >= 4 is 12.0 Å². The second-order valence-electron chi connectivity index (χ2n) is 6.34. The molecule has 0 aromatic heterocycles. The number of nitrogens with one attached hydrogen (secondary N) is 1. The zero-order chi connectivity index (χ0) is 15.2. The molecule has 0 aliphatic carbocycles. The number of piperidine rings is 2. The SMILES string of the molecule is CC(CN1CCCCC1)NC(=O)N1CCC[C@@H](C(=O)O)C1. The highest BCUT2D eigenvalue weighted by atomic mass is 16.4. The van der Waals surface area contributed by atoms with Crippen molar-refractivity contribution in [3.05, 3.63) is 0 Å². The Labute approximate surface area is 126 Å². The molecule has 2 aliphatic rings. The van der Waals surface area contributed by atoms with E-state index in [2.05, 4.69) is 10.2 Å². The normalized spacial score (nSPS) is 25.4. The van der Waals surface area contributed by atoms with Crippen molar-refractivity contribution in [3.8, 4) is 0 Å². The van der Waals surface area contributed by atoms with E-state index in [1.54, 1.807) is 4.90 Å². The summed E-state index contributed by atoms with van der Waals surface area (Å²) in [4.78, 5) is 27.3. The number of carbonyl (C=O) groups excluding carboxylic acids is 1. The zero-order valence-corrected chi connectivity index (χ0v) is 12.9. The molecule has 6 nitrogen and oxygen atoms in total. The summed E-state index contributed by atoms with van der Waals surface area (Å²) in [7, 11) is 0. The van der Waals surface area contributed by atoms with Gasteiger partial charge in [0.05, 0.1) is 5.92 Å². The van der Waals surface area contributed by atoms with E-state index in [1.807, 2.05) is 6.92 Å². The van der Waals surface area contributed by atoms with E-state index in [9.17, 15) is 9.59 Å². The Morgan fingerprint density at radius 2 is 1.90 bits per heavy atom. The summed E-state index contributed by atoms with van der Waals surface area (Å²) >= 11 is 0. The van der Waals surface area contributed by atoms with Gasteiger partial charge in [0.15, 0.2) is 0 Å². The Balaban J connectivity index is 1.75. The number of urea groups is 1. The molecule has 2 N–H and O–H groups in total. The molecule has 0 aromatic rings. The largest absolute Gasteiger partial charge is 0.481 e. The predicted molar refractivity (Wildman–Crippen MR) is 80.2 cm³/mol. The summed E-state index contributed by atoms with van der Waals surface area (Å²) in [5.74, 6) is -1.21. The van der Waals surface area contributed by atoms with Crippen LogP contribution in [0.4, 0.5) is 4.79 Å². The minimum Gasteiger partial charge on any atom is -0.481 e. The lowest BCUT2D eigenvalue weighted by atomic mass is 9.99. The van der Waals surface area contributed by atoms with Gasteiger partial charge in [-0.25, -0.2) is 4.79 Å². The van der Waals surface area contributed by atoms with Gasteiger partial charge < -0.3 is 20.2 Å². The van der Waals surface area contributed by atoms with Crippen LogP contribution in [0.25, 0.3) is 0 Å². The van der Waals surface area contributed by atoms with Crippen molar-refractivity contribution in [1.29, 1.82) is 0 Å². The number of aliphatic carboxylic acids is 1. The summed E-state index contributed by atoms with van der Waals surface area (Å²) in [6.07, 6.45) is 5.23. The molecule has 0 spiro atoms. The fraction of sp³-hybridized carbons (Fsp3) is 0.867. The van der Waals surface area contributed by atoms with Crippen molar-refractivity contribution in [2.75, 3.05) is 32.7 Å². The number of hydrogen-bond acceptors (Lipinski definition) is 3. The topological polar surface area (TPSA) is 72.9 Å². The van der Waals surface area contributed by atoms with Crippen LogP contribution in [0.15, 0.2) is 0 Å². The standard InChI is InChI=1S/C15H27N3O3/c1-12(10-17-7-3-2-4-8-17)16-15(21)18-9-5-6-13(11-18)14(19)20/h12-13H,2-11H2,1H3,(H,16,21)(H,19,20)/t12?,13-/m1/s1. The molecule has 0 aromatic carbocycles. The van der Waals surface area contributed by atoms with Gasteiger partial charge in [-0.1, -0.05) is 6.42 Å². The molecule has 2 rings (SSSR count). The van der Waals surface area contributed by atoms with Crippen LogP contribution in [-0.2, 0) is 4.79 Å². The third-order valence-electron chi connectivity index (χ3n) is 4.41. The Bertz CT molecular complexity index is 369. The minimum atomic E-state index is -0.797. The monoisotopic (exact) mass is 297 g/mol. The Morgan fingerprint density at radius 3 is 2.57 bits per heavy atom. The van der Waals surface area contributed by atoms with E-state index in [0.29, 0.717) is 19.5 Å². The van der Waals surface area contributed by atoms with Gasteiger partial charge >= 0.3 is 12.0 Å². The zero-order valence-electron chi connectivity index (χ0n) is 12.9. The number of hydrogen-bond donors (Lipinski definition) is 2. The van der Waals surface area contributed by atoms with Crippen molar-refractivity contribution < 1.29 is 14.7 Å². The van der Waals surface area contributed by atoms with Gasteiger partial charge in [0.2, 0.25) is 0 Å². The molecule has 2 fully saturated rings. The molecule has 2 atom stereocenters. The molecule has 6 heteroatoms. The van der Waals surface area contributed by atoms with Gasteiger partial charge in [0, 0.05) is 25.7 Å².